The van der Waals surface area contributed by atoms with Crippen molar-refractivity contribution < 1.29 is 4.42 Å². The van der Waals surface area contributed by atoms with Gasteiger partial charge in [0.1, 0.15) is 11.2 Å². The first-order chi connectivity index (χ1) is 32.6. The quantitative estimate of drug-likeness (QED) is 0.122. The molecule has 4 heteroatoms. The van der Waals surface area contributed by atoms with Gasteiger partial charge in [0.2, 0.25) is 0 Å². The van der Waals surface area contributed by atoms with Crippen LogP contribution in [0.4, 0.5) is 0 Å². The van der Waals surface area contributed by atoms with E-state index in [-0.39, 0.29) is 0 Å². The van der Waals surface area contributed by atoms with Gasteiger partial charge in [-0.2, -0.15) is 0 Å². The molecule has 11 aromatic carbocycles. The second-order valence-corrected chi connectivity index (χ2v) is 17.3. The minimum atomic E-state index is -0.697. The third-order valence-electron chi connectivity index (χ3n) is 13.5. The summed E-state index contributed by atoms with van der Waals surface area (Å²) < 4.78 is 9.47. The van der Waals surface area contributed by atoms with Crippen molar-refractivity contribution in [1.29, 1.82) is 0 Å². The van der Waals surface area contributed by atoms with E-state index in [1.54, 1.807) is 0 Å². The number of furan rings is 1. The van der Waals surface area contributed by atoms with Gasteiger partial charge >= 0.3 is 0 Å². The number of hydrogen-bond acceptors (Lipinski definition) is 3. The van der Waals surface area contributed by atoms with Gasteiger partial charge < -0.3 is 14.3 Å². The van der Waals surface area contributed by atoms with E-state index in [0.717, 1.165) is 77.5 Å². The normalized spacial score (nSPS) is 12.7. The van der Waals surface area contributed by atoms with E-state index in [1.807, 2.05) is 18.2 Å². The highest BCUT2D eigenvalue weighted by Gasteiger charge is 2.27. The molecule has 0 aliphatic rings. The van der Waals surface area contributed by atoms with Crippen molar-refractivity contribution in [1.82, 2.24) is 9.88 Å². The van der Waals surface area contributed by atoms with Gasteiger partial charge in [-0.15, -0.1) is 0 Å². The number of allylic oxidation sites excluding steroid dienone is 1. The van der Waals surface area contributed by atoms with Crippen LogP contribution in [-0.4, -0.2) is 10.3 Å². The number of hydrogen-bond donors (Lipinski definition) is 1. The molecule has 0 fully saturated rings. The summed E-state index contributed by atoms with van der Waals surface area (Å²) in [4.78, 5) is 5.74. The van der Waals surface area contributed by atoms with E-state index in [4.69, 9.17) is 16.0 Å². The molecule has 0 amide bonds. The predicted molar refractivity (Wildman–Crippen MR) is 280 cm³/mol. The largest absolute Gasteiger partial charge is 0.456 e. The van der Waals surface area contributed by atoms with E-state index >= 15 is 0 Å². The third-order valence-corrected chi connectivity index (χ3v) is 13.5. The standard InChI is InChI=1S/C62H41N3O/c1-3-55(48-28-29-50-47(33-48)27-25-40-15-10-11-21-49(40)50)64-62(63-38(2)41-26-24-39-14-4-5-16-42(39)32-41)60-56(31-30-52-51-22-12-13-23-59(51)66-61(52)60)65-57-36-45-19-8-6-17-43(45)34-53(57)54-35-44-18-7-9-20-46(44)37-58(54)65/h3-37,62-63H,1-2H2/b64-55+. The Bertz CT molecular complexity index is 4110. The summed E-state index contributed by atoms with van der Waals surface area (Å²) in [6, 6.07) is 73.7. The molecule has 1 atom stereocenters. The van der Waals surface area contributed by atoms with Gasteiger partial charge in [-0.05, 0) is 120 Å². The Morgan fingerprint density at radius 3 is 1.68 bits per heavy atom. The molecule has 4 nitrogen and oxygen atoms in total. The fraction of sp³-hybridized carbons (Fsp3) is 0.0161. The molecule has 0 saturated carbocycles. The van der Waals surface area contributed by atoms with Crippen molar-refractivity contribution >= 4 is 109 Å². The van der Waals surface area contributed by atoms with Crippen LogP contribution in [0.25, 0.3) is 109 Å². The predicted octanol–water partition coefficient (Wildman–Crippen LogP) is 16.4. The van der Waals surface area contributed by atoms with Crippen LogP contribution in [0.1, 0.15) is 22.9 Å². The lowest BCUT2D eigenvalue weighted by Crippen LogP contribution is -2.21. The molecule has 0 spiro atoms. The molecule has 0 bridgehead atoms. The van der Waals surface area contributed by atoms with Crippen LogP contribution < -0.4 is 5.32 Å². The van der Waals surface area contributed by atoms with Crippen LogP contribution in [0.5, 0.6) is 0 Å². The Morgan fingerprint density at radius 1 is 0.470 bits per heavy atom. The van der Waals surface area contributed by atoms with E-state index < -0.39 is 6.17 Å². The van der Waals surface area contributed by atoms with Gasteiger partial charge in [-0.1, -0.05) is 165 Å². The first-order valence-electron chi connectivity index (χ1n) is 22.4. The summed E-state index contributed by atoms with van der Waals surface area (Å²) in [7, 11) is 0. The number of rotatable bonds is 8. The van der Waals surface area contributed by atoms with Crippen molar-refractivity contribution in [3.8, 4) is 5.69 Å². The van der Waals surface area contributed by atoms with Crippen molar-refractivity contribution in [2.45, 2.75) is 6.17 Å². The van der Waals surface area contributed by atoms with E-state index in [1.165, 1.54) is 53.9 Å². The zero-order valence-electron chi connectivity index (χ0n) is 36.0. The highest BCUT2D eigenvalue weighted by Crippen LogP contribution is 2.43. The number of para-hydroxylation sites is 1. The molecule has 310 valence electrons. The van der Waals surface area contributed by atoms with Crippen LogP contribution in [0.15, 0.2) is 235 Å². The second kappa shape index (κ2) is 14.9. The first kappa shape index (κ1) is 37.8. The summed E-state index contributed by atoms with van der Waals surface area (Å²) in [6.45, 7) is 9.10. The minimum absolute atomic E-state index is 0.697. The first-order valence-corrected chi connectivity index (χ1v) is 22.4. The Labute approximate surface area is 380 Å². The number of aliphatic imine (C=N–C) groups is 1. The Hall–Kier alpha value is -8.73. The van der Waals surface area contributed by atoms with Crippen molar-refractivity contribution in [2.75, 3.05) is 0 Å². The SMILES string of the molecule is C=C/C(=N\C(NC(=C)c1ccc2ccccc2c1)c1c(-n2c3cc4ccccc4cc3c3cc4ccccc4cc32)ccc2c1oc1ccccc12)c1ccc2c(ccc3ccccc32)c1. The molecule has 1 N–H and O–H groups in total. The van der Waals surface area contributed by atoms with Crippen LogP contribution in [0, 0.1) is 0 Å². The topological polar surface area (TPSA) is 42.5 Å². The lowest BCUT2D eigenvalue weighted by atomic mass is 9.98. The zero-order valence-corrected chi connectivity index (χ0v) is 36.0. The molecule has 2 aromatic heterocycles. The Morgan fingerprint density at radius 2 is 0.985 bits per heavy atom. The lowest BCUT2D eigenvalue weighted by molar-refractivity contribution is 0.625. The van der Waals surface area contributed by atoms with Crippen molar-refractivity contribution in [3.05, 3.63) is 242 Å². The van der Waals surface area contributed by atoms with E-state index in [2.05, 4.69) is 211 Å². The summed E-state index contributed by atoms with van der Waals surface area (Å²) in [5.74, 6) is 0. The maximum Gasteiger partial charge on any atom is 0.151 e. The molecule has 1 unspecified atom stereocenters. The molecular formula is C62H41N3O. The molecule has 0 saturated heterocycles. The van der Waals surface area contributed by atoms with Crippen molar-refractivity contribution in [3.63, 3.8) is 0 Å². The zero-order chi connectivity index (χ0) is 43.9. The monoisotopic (exact) mass is 843 g/mol. The molecule has 0 aliphatic heterocycles. The highest BCUT2D eigenvalue weighted by molar-refractivity contribution is 6.18. The molecule has 13 rings (SSSR count). The Balaban J connectivity index is 1.11. The Kier molecular flexibility index (Phi) is 8.55. The van der Waals surface area contributed by atoms with Crippen LogP contribution in [0.2, 0.25) is 0 Å². The van der Waals surface area contributed by atoms with Gasteiger partial charge in [-0.3, -0.25) is 4.99 Å². The van der Waals surface area contributed by atoms with E-state index in [0.29, 0.717) is 0 Å². The molecule has 0 aliphatic carbocycles. The average Bonchev–Trinajstić information content (AvgIpc) is 3.90. The number of benzene rings is 11. The number of nitrogens with one attached hydrogen (secondary N) is 1. The maximum atomic E-state index is 7.05. The fourth-order valence-electron chi connectivity index (χ4n) is 10.3. The second-order valence-electron chi connectivity index (χ2n) is 17.3. The van der Waals surface area contributed by atoms with E-state index in [9.17, 15) is 0 Å². The highest BCUT2D eigenvalue weighted by atomic mass is 16.3. The number of fused-ring (bicyclic) bond motifs is 12. The average molecular weight is 844 g/mol. The molecule has 66 heavy (non-hydrogen) atoms. The summed E-state index contributed by atoms with van der Waals surface area (Å²) in [6.07, 6.45) is 1.17. The van der Waals surface area contributed by atoms with Crippen LogP contribution in [-0.2, 0) is 0 Å². The molecular weight excluding hydrogens is 803 g/mol. The minimum Gasteiger partial charge on any atom is -0.456 e. The van der Waals surface area contributed by atoms with Gasteiger partial charge in [0.15, 0.2) is 6.17 Å². The summed E-state index contributed by atoms with van der Waals surface area (Å²) >= 11 is 0. The number of nitrogens with zero attached hydrogens (tertiary/aromatic N) is 2. The van der Waals surface area contributed by atoms with Gasteiger partial charge in [0.05, 0.1) is 28.0 Å². The molecule has 0 radical (unpaired) electrons. The fourth-order valence-corrected chi connectivity index (χ4v) is 10.3. The summed E-state index contributed by atoms with van der Waals surface area (Å²) in [5, 5.41) is 20.1. The van der Waals surface area contributed by atoms with Gasteiger partial charge in [-0.25, -0.2) is 0 Å². The third kappa shape index (κ3) is 6.03. The van der Waals surface area contributed by atoms with Crippen LogP contribution >= 0.6 is 0 Å². The van der Waals surface area contributed by atoms with Gasteiger partial charge in [0.25, 0.3) is 0 Å². The number of aromatic nitrogens is 1. The molecule has 2 heterocycles. The maximum absolute atomic E-state index is 7.05. The molecule has 13 aromatic rings. The van der Waals surface area contributed by atoms with Gasteiger partial charge in [0, 0.05) is 32.8 Å². The summed E-state index contributed by atoms with van der Waals surface area (Å²) in [5.41, 5.74) is 9.01. The van der Waals surface area contributed by atoms with Crippen molar-refractivity contribution in [2.24, 2.45) is 4.99 Å². The smallest absolute Gasteiger partial charge is 0.151 e. The van der Waals surface area contributed by atoms with Crippen LogP contribution in [0.3, 0.4) is 0 Å². The lowest BCUT2D eigenvalue weighted by Gasteiger charge is -2.24.